The number of aliphatic hydroxyl groups excluding tert-OH is 4. The van der Waals surface area contributed by atoms with E-state index in [1.807, 2.05) is 0 Å². The number of hydrogen-bond donors (Lipinski definition) is 5. The normalized spacial score (nSPS) is 14.2. The molecule has 0 heterocycles. The molecule has 0 saturated carbocycles. The Morgan fingerprint density at radius 3 is 0.984 bits per heavy atom. The fraction of sp³-hybridized carbons (Fsp3) is 0.845. The maximum Gasteiger partial charge on any atom is 0.249 e. The van der Waals surface area contributed by atoms with Crippen LogP contribution < -0.4 is 5.32 Å². The molecule has 0 bridgehead atoms. The van der Waals surface area contributed by atoms with Gasteiger partial charge in [-0.05, 0) is 89.9 Å². The van der Waals surface area contributed by atoms with E-state index < -0.39 is 36.9 Å². The van der Waals surface area contributed by atoms with Gasteiger partial charge in [0, 0.05) is 0 Å². The molecule has 1 amide bonds. The molecular formula is C58H109NO5. The van der Waals surface area contributed by atoms with E-state index in [-0.39, 0.29) is 0 Å². The zero-order valence-electron chi connectivity index (χ0n) is 42.5. The number of carbonyl (C=O) groups is 1. The SMILES string of the molecule is CCCCCCCC/C=C\CCCCCCCCC(O)C(=O)NC(CO)C(O)C(O)CCC/C=C/CC/C=C/CC/C=C/CCCCCCCCCCCCCCCCCCCCC. The van der Waals surface area contributed by atoms with E-state index >= 15 is 0 Å². The lowest BCUT2D eigenvalue weighted by atomic mass is 10.00. The van der Waals surface area contributed by atoms with Crippen molar-refractivity contribution in [2.24, 2.45) is 0 Å². The predicted molar refractivity (Wildman–Crippen MR) is 279 cm³/mol. The number of nitrogens with one attached hydrogen (secondary N) is 1. The molecule has 376 valence electrons. The van der Waals surface area contributed by atoms with Gasteiger partial charge in [-0.25, -0.2) is 0 Å². The van der Waals surface area contributed by atoms with Crippen LogP contribution in [-0.2, 0) is 4.79 Å². The van der Waals surface area contributed by atoms with E-state index in [0.29, 0.717) is 19.3 Å². The zero-order chi connectivity index (χ0) is 46.7. The first kappa shape index (κ1) is 62.3. The van der Waals surface area contributed by atoms with Crippen molar-refractivity contribution in [3.63, 3.8) is 0 Å². The van der Waals surface area contributed by atoms with Gasteiger partial charge in [-0.1, -0.05) is 242 Å². The molecule has 64 heavy (non-hydrogen) atoms. The lowest BCUT2D eigenvalue weighted by Crippen LogP contribution is -2.53. The maximum absolute atomic E-state index is 12.5. The summed E-state index contributed by atoms with van der Waals surface area (Å²) < 4.78 is 0. The summed E-state index contributed by atoms with van der Waals surface area (Å²) in [4.78, 5) is 12.5. The smallest absolute Gasteiger partial charge is 0.249 e. The Hall–Kier alpha value is -1.73. The molecule has 5 N–H and O–H groups in total. The highest BCUT2D eigenvalue weighted by Crippen LogP contribution is 2.17. The van der Waals surface area contributed by atoms with Crippen molar-refractivity contribution in [1.29, 1.82) is 0 Å². The maximum atomic E-state index is 12.5. The van der Waals surface area contributed by atoms with Gasteiger partial charge < -0.3 is 25.7 Å². The van der Waals surface area contributed by atoms with Gasteiger partial charge in [0.1, 0.15) is 12.2 Å². The fourth-order valence-corrected chi connectivity index (χ4v) is 8.55. The summed E-state index contributed by atoms with van der Waals surface area (Å²) in [7, 11) is 0. The zero-order valence-corrected chi connectivity index (χ0v) is 42.5. The molecule has 0 fully saturated rings. The monoisotopic (exact) mass is 900 g/mol. The van der Waals surface area contributed by atoms with Crippen LogP contribution in [0.1, 0.15) is 284 Å². The second-order valence-electron chi connectivity index (χ2n) is 19.3. The van der Waals surface area contributed by atoms with E-state index in [1.54, 1.807) is 0 Å². The van der Waals surface area contributed by atoms with Gasteiger partial charge in [0.2, 0.25) is 5.91 Å². The van der Waals surface area contributed by atoms with E-state index in [9.17, 15) is 25.2 Å². The Morgan fingerprint density at radius 1 is 0.375 bits per heavy atom. The molecule has 0 aliphatic carbocycles. The topological polar surface area (TPSA) is 110 Å². The van der Waals surface area contributed by atoms with Crippen LogP contribution in [0.15, 0.2) is 48.6 Å². The van der Waals surface area contributed by atoms with E-state index in [2.05, 4.69) is 67.8 Å². The van der Waals surface area contributed by atoms with Gasteiger partial charge in [-0.2, -0.15) is 0 Å². The standard InChI is InChI=1S/C58H109NO5/c1-3-5-7-9-11-13-15-17-19-21-22-23-24-25-26-27-28-29-30-31-32-33-34-35-36-38-39-41-43-45-47-49-51-55(61)57(63)54(53-60)59-58(64)56(62)52-50-48-46-44-42-40-37-20-18-16-14-12-10-8-6-4-2/h18,20,32-33,36,38,43,45,54-57,60-63H,3-17,19,21-31,34-35,37,39-42,44,46-53H2,1-2H3,(H,59,64)/b20-18-,33-32+,38-36+,45-43+. The average Bonchev–Trinajstić information content (AvgIpc) is 3.30. The van der Waals surface area contributed by atoms with Crippen LogP contribution in [0.5, 0.6) is 0 Å². The quantitative estimate of drug-likeness (QED) is 0.0309. The second-order valence-corrected chi connectivity index (χ2v) is 19.3. The molecule has 6 heteroatoms. The highest BCUT2D eigenvalue weighted by atomic mass is 16.3. The van der Waals surface area contributed by atoms with Gasteiger partial charge in [-0.15, -0.1) is 0 Å². The molecule has 0 rings (SSSR count). The first-order valence-electron chi connectivity index (χ1n) is 28.0. The summed E-state index contributed by atoms with van der Waals surface area (Å²) in [6.07, 6.45) is 66.2. The highest BCUT2D eigenvalue weighted by Gasteiger charge is 2.28. The van der Waals surface area contributed by atoms with E-state index in [0.717, 1.165) is 64.2 Å². The number of amides is 1. The minimum absolute atomic E-state index is 0.350. The van der Waals surface area contributed by atoms with Crippen molar-refractivity contribution in [3.8, 4) is 0 Å². The first-order valence-corrected chi connectivity index (χ1v) is 28.0. The van der Waals surface area contributed by atoms with E-state index in [4.69, 9.17) is 0 Å². The second kappa shape index (κ2) is 52.2. The molecule has 0 aromatic rings. The Balaban J connectivity index is 3.69. The largest absolute Gasteiger partial charge is 0.394 e. The Kier molecular flexibility index (Phi) is 50.8. The van der Waals surface area contributed by atoms with Crippen LogP contribution in [0.3, 0.4) is 0 Å². The minimum Gasteiger partial charge on any atom is -0.394 e. The van der Waals surface area contributed by atoms with Crippen LogP contribution >= 0.6 is 0 Å². The van der Waals surface area contributed by atoms with Crippen molar-refractivity contribution < 1.29 is 25.2 Å². The minimum atomic E-state index is -1.30. The number of carbonyl (C=O) groups excluding carboxylic acids is 1. The third kappa shape index (κ3) is 45.4. The molecule has 0 aromatic carbocycles. The number of rotatable bonds is 51. The van der Waals surface area contributed by atoms with Crippen molar-refractivity contribution in [2.75, 3.05) is 6.61 Å². The fourth-order valence-electron chi connectivity index (χ4n) is 8.55. The third-order valence-electron chi connectivity index (χ3n) is 13.0. The number of unbranched alkanes of at least 4 members (excludes halogenated alkanes) is 34. The van der Waals surface area contributed by atoms with Gasteiger partial charge >= 0.3 is 0 Å². The van der Waals surface area contributed by atoms with E-state index in [1.165, 1.54) is 186 Å². The molecule has 0 aromatic heterocycles. The number of hydrogen-bond acceptors (Lipinski definition) is 5. The number of aliphatic hydroxyl groups is 4. The predicted octanol–water partition coefficient (Wildman–Crippen LogP) is 16.2. The Labute approximate surface area is 398 Å². The summed E-state index contributed by atoms with van der Waals surface area (Å²) >= 11 is 0. The molecule has 0 spiro atoms. The molecule has 0 radical (unpaired) electrons. The average molecular weight is 901 g/mol. The van der Waals surface area contributed by atoms with Crippen molar-refractivity contribution in [3.05, 3.63) is 48.6 Å². The summed E-state index contributed by atoms with van der Waals surface area (Å²) in [5.74, 6) is -0.604. The summed E-state index contributed by atoms with van der Waals surface area (Å²) in [5.41, 5.74) is 0. The molecule has 4 atom stereocenters. The van der Waals surface area contributed by atoms with Crippen LogP contribution in [0.2, 0.25) is 0 Å². The molecule has 0 aliphatic heterocycles. The Bertz CT molecular complexity index is 1060. The van der Waals surface area contributed by atoms with Crippen LogP contribution in [0.25, 0.3) is 0 Å². The third-order valence-corrected chi connectivity index (χ3v) is 13.0. The van der Waals surface area contributed by atoms with Crippen LogP contribution in [0.4, 0.5) is 0 Å². The van der Waals surface area contributed by atoms with Gasteiger partial charge in [0.25, 0.3) is 0 Å². The summed E-state index contributed by atoms with van der Waals surface area (Å²) in [6.45, 7) is 4.05. The summed E-state index contributed by atoms with van der Waals surface area (Å²) in [5, 5.41) is 43.8. The number of allylic oxidation sites excluding steroid dienone is 8. The Morgan fingerprint density at radius 2 is 0.656 bits per heavy atom. The first-order chi connectivity index (χ1) is 31.5. The molecule has 0 aliphatic rings. The molecule has 6 nitrogen and oxygen atoms in total. The molecule has 0 saturated heterocycles. The van der Waals surface area contributed by atoms with Gasteiger partial charge in [-0.3, -0.25) is 4.79 Å². The van der Waals surface area contributed by atoms with Crippen molar-refractivity contribution in [1.82, 2.24) is 5.32 Å². The van der Waals surface area contributed by atoms with Crippen molar-refractivity contribution >= 4 is 5.91 Å². The molecule has 4 unspecified atom stereocenters. The highest BCUT2D eigenvalue weighted by molar-refractivity contribution is 5.80. The van der Waals surface area contributed by atoms with Gasteiger partial charge in [0.15, 0.2) is 0 Å². The van der Waals surface area contributed by atoms with Crippen LogP contribution in [-0.4, -0.2) is 57.3 Å². The van der Waals surface area contributed by atoms with Crippen molar-refractivity contribution in [2.45, 2.75) is 308 Å². The van der Waals surface area contributed by atoms with Crippen LogP contribution in [0, 0.1) is 0 Å². The lowest BCUT2D eigenvalue weighted by molar-refractivity contribution is -0.132. The summed E-state index contributed by atoms with van der Waals surface area (Å²) in [6, 6.07) is -1.02. The lowest BCUT2D eigenvalue weighted by Gasteiger charge is -2.27. The molecular weight excluding hydrogens is 791 g/mol. The van der Waals surface area contributed by atoms with Gasteiger partial charge in [0.05, 0.1) is 18.8 Å².